The predicted molar refractivity (Wildman–Crippen MR) is 84.4 cm³/mol. The van der Waals surface area contributed by atoms with Crippen molar-refractivity contribution in [2.45, 2.75) is 0 Å². The van der Waals surface area contributed by atoms with Crippen LogP contribution in [-0.4, -0.2) is 24.1 Å². The Kier molecular flexibility index (Phi) is 4.59. The molecule has 1 heterocycles. The van der Waals surface area contributed by atoms with Crippen LogP contribution in [0.3, 0.4) is 0 Å². The number of methoxy groups -OCH3 is 1. The highest BCUT2D eigenvalue weighted by Crippen LogP contribution is 2.30. The number of benzene rings is 1. The van der Waals surface area contributed by atoms with Gasteiger partial charge in [0, 0.05) is 29.3 Å². The van der Waals surface area contributed by atoms with E-state index in [1.807, 2.05) is 0 Å². The lowest BCUT2D eigenvalue weighted by Gasteiger charge is -2.10. The van der Waals surface area contributed by atoms with Crippen molar-refractivity contribution in [3.8, 4) is 5.75 Å². The van der Waals surface area contributed by atoms with Crippen LogP contribution in [0.2, 0.25) is 0 Å². The van der Waals surface area contributed by atoms with Gasteiger partial charge in [-0.05, 0) is 18.2 Å². The minimum atomic E-state index is -0.482. The van der Waals surface area contributed by atoms with Crippen LogP contribution in [0.25, 0.3) is 0 Å². The Morgan fingerprint density at radius 2 is 2.10 bits per heavy atom. The van der Waals surface area contributed by atoms with Crippen molar-refractivity contribution in [1.82, 2.24) is 4.98 Å². The van der Waals surface area contributed by atoms with Gasteiger partial charge in [-0.15, -0.1) is 0 Å². The van der Waals surface area contributed by atoms with Gasteiger partial charge in [0.1, 0.15) is 11.6 Å². The van der Waals surface area contributed by atoms with Crippen molar-refractivity contribution in [1.29, 1.82) is 0 Å². The van der Waals surface area contributed by atoms with Crippen LogP contribution in [0.15, 0.2) is 34.8 Å². The quantitative estimate of drug-likeness (QED) is 0.631. The summed E-state index contributed by atoms with van der Waals surface area (Å²) < 4.78 is 5.95. The highest BCUT2D eigenvalue weighted by Gasteiger charge is 2.16. The first-order valence-electron chi connectivity index (χ1n) is 5.98. The van der Waals surface area contributed by atoms with Crippen LogP contribution in [0.4, 0.5) is 23.0 Å². The zero-order chi connectivity index (χ0) is 15.4. The molecule has 0 saturated heterocycles. The monoisotopic (exact) mass is 352 g/mol. The molecule has 0 aliphatic rings. The van der Waals surface area contributed by atoms with E-state index in [0.29, 0.717) is 17.3 Å². The number of nitro groups is 1. The van der Waals surface area contributed by atoms with E-state index >= 15 is 0 Å². The van der Waals surface area contributed by atoms with Gasteiger partial charge in [0.05, 0.1) is 12.0 Å². The summed E-state index contributed by atoms with van der Waals surface area (Å²) in [6.07, 6.45) is 0. The van der Waals surface area contributed by atoms with E-state index in [4.69, 9.17) is 4.74 Å². The highest BCUT2D eigenvalue weighted by atomic mass is 79.9. The third kappa shape index (κ3) is 3.60. The summed E-state index contributed by atoms with van der Waals surface area (Å²) in [4.78, 5) is 14.8. The number of hydrogen-bond donors (Lipinski definition) is 2. The number of pyridine rings is 1. The van der Waals surface area contributed by atoms with Gasteiger partial charge in [0.25, 0.3) is 0 Å². The summed E-state index contributed by atoms with van der Waals surface area (Å²) >= 11 is 3.36. The van der Waals surface area contributed by atoms with E-state index in [1.54, 1.807) is 38.4 Å². The second-order valence-corrected chi connectivity index (χ2v) is 4.99. The van der Waals surface area contributed by atoms with Crippen molar-refractivity contribution in [2.75, 3.05) is 24.8 Å². The summed E-state index contributed by atoms with van der Waals surface area (Å²) in [5, 5.41) is 16.9. The second kappa shape index (κ2) is 6.40. The Morgan fingerprint density at radius 1 is 1.33 bits per heavy atom. The lowest BCUT2D eigenvalue weighted by molar-refractivity contribution is -0.384. The standard InChI is InChI=1S/C13H13BrN4O3/c1-15-12-4-3-11(18(19)20)13(17-12)16-9-5-8(14)6-10(7-9)21-2/h3-7H,1-2H3,(H2,15,16,17). The molecule has 0 fully saturated rings. The van der Waals surface area contributed by atoms with Gasteiger partial charge < -0.3 is 15.4 Å². The molecule has 0 atom stereocenters. The molecular formula is C13H13BrN4O3. The number of nitrogens with one attached hydrogen (secondary N) is 2. The van der Waals surface area contributed by atoms with Crippen LogP contribution in [0, 0.1) is 10.1 Å². The van der Waals surface area contributed by atoms with Gasteiger partial charge in [-0.2, -0.15) is 0 Å². The molecule has 0 radical (unpaired) electrons. The van der Waals surface area contributed by atoms with Crippen molar-refractivity contribution >= 4 is 38.9 Å². The Hall–Kier alpha value is -2.35. The Labute approximate surface area is 129 Å². The number of ether oxygens (including phenoxy) is 1. The molecule has 0 unspecified atom stereocenters. The molecule has 2 N–H and O–H groups in total. The molecule has 8 heteroatoms. The molecule has 1 aromatic heterocycles. The molecule has 1 aromatic carbocycles. The fourth-order valence-corrected chi connectivity index (χ4v) is 2.19. The van der Waals surface area contributed by atoms with Crippen molar-refractivity contribution in [3.05, 3.63) is 44.9 Å². The summed E-state index contributed by atoms with van der Waals surface area (Å²) in [7, 11) is 3.24. The molecule has 0 aliphatic carbocycles. The first-order valence-corrected chi connectivity index (χ1v) is 6.77. The fourth-order valence-electron chi connectivity index (χ4n) is 1.72. The number of nitrogens with zero attached hydrogens (tertiary/aromatic N) is 2. The summed E-state index contributed by atoms with van der Waals surface area (Å²) in [5.74, 6) is 1.32. The largest absolute Gasteiger partial charge is 0.497 e. The average molecular weight is 353 g/mol. The van der Waals surface area contributed by atoms with Crippen LogP contribution < -0.4 is 15.4 Å². The number of rotatable bonds is 5. The van der Waals surface area contributed by atoms with E-state index in [2.05, 4.69) is 31.5 Å². The molecule has 0 bridgehead atoms. The van der Waals surface area contributed by atoms with Gasteiger partial charge in [-0.1, -0.05) is 15.9 Å². The summed E-state index contributed by atoms with van der Waals surface area (Å²) in [6.45, 7) is 0. The average Bonchev–Trinajstić information content (AvgIpc) is 2.46. The third-order valence-electron chi connectivity index (χ3n) is 2.70. The zero-order valence-electron chi connectivity index (χ0n) is 11.4. The minimum absolute atomic E-state index is 0.104. The van der Waals surface area contributed by atoms with Crippen LogP contribution in [0.5, 0.6) is 5.75 Å². The SMILES string of the molecule is CNc1ccc([N+](=O)[O-])c(Nc2cc(Br)cc(OC)c2)n1. The molecule has 21 heavy (non-hydrogen) atoms. The maximum Gasteiger partial charge on any atom is 0.311 e. The molecule has 7 nitrogen and oxygen atoms in total. The van der Waals surface area contributed by atoms with E-state index in [9.17, 15) is 10.1 Å². The zero-order valence-corrected chi connectivity index (χ0v) is 13.0. The van der Waals surface area contributed by atoms with Crippen LogP contribution >= 0.6 is 15.9 Å². The van der Waals surface area contributed by atoms with Gasteiger partial charge in [-0.25, -0.2) is 4.98 Å². The van der Waals surface area contributed by atoms with Gasteiger partial charge in [0.2, 0.25) is 5.82 Å². The molecule has 2 rings (SSSR count). The number of anilines is 3. The van der Waals surface area contributed by atoms with E-state index < -0.39 is 4.92 Å². The first kappa shape index (κ1) is 15.0. The number of hydrogen-bond acceptors (Lipinski definition) is 6. The highest BCUT2D eigenvalue weighted by molar-refractivity contribution is 9.10. The topological polar surface area (TPSA) is 89.3 Å². The lowest BCUT2D eigenvalue weighted by atomic mass is 10.3. The Morgan fingerprint density at radius 3 is 2.71 bits per heavy atom. The normalized spacial score (nSPS) is 10.0. The lowest BCUT2D eigenvalue weighted by Crippen LogP contribution is -2.02. The van der Waals surface area contributed by atoms with Crippen LogP contribution in [0.1, 0.15) is 0 Å². The molecule has 0 aliphatic heterocycles. The third-order valence-corrected chi connectivity index (χ3v) is 3.15. The maximum absolute atomic E-state index is 11.1. The Bertz CT molecular complexity index is 678. The summed E-state index contributed by atoms with van der Waals surface area (Å²) in [5.41, 5.74) is 0.526. The second-order valence-electron chi connectivity index (χ2n) is 4.08. The summed E-state index contributed by atoms with van der Waals surface area (Å²) in [6, 6.07) is 8.24. The number of aromatic nitrogens is 1. The van der Waals surface area contributed by atoms with Gasteiger partial charge in [-0.3, -0.25) is 10.1 Å². The molecule has 0 amide bonds. The van der Waals surface area contributed by atoms with E-state index in [0.717, 1.165) is 4.47 Å². The number of halogens is 1. The van der Waals surface area contributed by atoms with Crippen LogP contribution in [-0.2, 0) is 0 Å². The Balaban J connectivity index is 2.42. The maximum atomic E-state index is 11.1. The minimum Gasteiger partial charge on any atom is -0.497 e. The van der Waals surface area contributed by atoms with E-state index in [-0.39, 0.29) is 11.5 Å². The molecule has 2 aromatic rings. The predicted octanol–water partition coefficient (Wildman–Crippen LogP) is 3.55. The smallest absolute Gasteiger partial charge is 0.311 e. The fraction of sp³-hybridized carbons (Fsp3) is 0.154. The van der Waals surface area contributed by atoms with E-state index in [1.165, 1.54) is 6.07 Å². The molecular weight excluding hydrogens is 340 g/mol. The molecule has 110 valence electrons. The van der Waals surface area contributed by atoms with Crippen molar-refractivity contribution in [2.24, 2.45) is 0 Å². The van der Waals surface area contributed by atoms with Gasteiger partial charge in [0.15, 0.2) is 0 Å². The van der Waals surface area contributed by atoms with Crippen molar-refractivity contribution in [3.63, 3.8) is 0 Å². The molecule has 0 spiro atoms. The molecule has 0 saturated carbocycles. The first-order chi connectivity index (χ1) is 10.0. The van der Waals surface area contributed by atoms with Gasteiger partial charge >= 0.3 is 5.69 Å². The van der Waals surface area contributed by atoms with Crippen molar-refractivity contribution < 1.29 is 9.66 Å².